The highest BCUT2D eigenvalue weighted by molar-refractivity contribution is 5.76. The number of nitrogens with zero attached hydrogens (tertiary/aromatic N) is 3. The van der Waals surface area contributed by atoms with E-state index < -0.39 is 12.0 Å². The molecule has 1 atom stereocenters. The van der Waals surface area contributed by atoms with Crippen LogP contribution in [0.2, 0.25) is 0 Å². The highest BCUT2D eigenvalue weighted by atomic mass is 16.5. The standard InChI is InChI=1S/C14H22N4O3/c1-10(2)9-11(13(19)20)16-12-3-4-15-14(17-12)18-5-7-21-8-6-18/h3-4,10-11H,5-9H2,1-2H3,(H,19,20)(H,15,16,17). The van der Waals surface area contributed by atoms with E-state index in [2.05, 4.69) is 15.3 Å². The highest BCUT2D eigenvalue weighted by Gasteiger charge is 2.20. The molecule has 0 bridgehead atoms. The average Bonchev–Trinajstić information content (AvgIpc) is 2.47. The van der Waals surface area contributed by atoms with Gasteiger partial charge in [0, 0.05) is 19.3 Å². The van der Waals surface area contributed by atoms with Gasteiger partial charge in [0.2, 0.25) is 5.95 Å². The first kappa shape index (κ1) is 15.5. The summed E-state index contributed by atoms with van der Waals surface area (Å²) in [4.78, 5) is 22.0. The zero-order valence-corrected chi connectivity index (χ0v) is 12.5. The van der Waals surface area contributed by atoms with Crippen LogP contribution in [0, 0.1) is 5.92 Å². The van der Waals surface area contributed by atoms with Gasteiger partial charge in [-0.25, -0.2) is 9.78 Å². The maximum absolute atomic E-state index is 11.3. The Kier molecular flexibility index (Phi) is 5.32. The van der Waals surface area contributed by atoms with Gasteiger partial charge < -0.3 is 20.1 Å². The SMILES string of the molecule is CC(C)CC(Nc1ccnc(N2CCOCC2)n1)C(=O)O. The van der Waals surface area contributed by atoms with Gasteiger partial charge in [-0.2, -0.15) is 4.98 Å². The van der Waals surface area contributed by atoms with Gasteiger partial charge in [0.15, 0.2) is 0 Å². The summed E-state index contributed by atoms with van der Waals surface area (Å²) < 4.78 is 5.30. The fraction of sp³-hybridized carbons (Fsp3) is 0.643. The second-order valence-electron chi connectivity index (χ2n) is 5.51. The molecular weight excluding hydrogens is 272 g/mol. The predicted octanol–water partition coefficient (Wildman–Crippen LogP) is 1.22. The molecule has 1 saturated heterocycles. The Balaban J connectivity index is 2.07. The lowest BCUT2D eigenvalue weighted by Gasteiger charge is -2.27. The Morgan fingerprint density at radius 3 is 2.81 bits per heavy atom. The lowest BCUT2D eigenvalue weighted by molar-refractivity contribution is -0.138. The van der Waals surface area contributed by atoms with Crippen molar-refractivity contribution in [3.8, 4) is 0 Å². The van der Waals surface area contributed by atoms with Crippen LogP contribution >= 0.6 is 0 Å². The molecule has 0 aromatic carbocycles. The third-order valence-electron chi connectivity index (χ3n) is 3.26. The second kappa shape index (κ2) is 7.21. The smallest absolute Gasteiger partial charge is 0.326 e. The molecule has 7 nitrogen and oxygen atoms in total. The van der Waals surface area contributed by atoms with Crippen molar-refractivity contribution in [3.63, 3.8) is 0 Å². The van der Waals surface area contributed by atoms with Crippen molar-refractivity contribution in [2.24, 2.45) is 5.92 Å². The summed E-state index contributed by atoms with van der Waals surface area (Å²) in [5.41, 5.74) is 0. The number of morpholine rings is 1. The van der Waals surface area contributed by atoms with E-state index in [0.29, 0.717) is 37.3 Å². The van der Waals surface area contributed by atoms with Crippen LogP contribution in [0.4, 0.5) is 11.8 Å². The third-order valence-corrected chi connectivity index (χ3v) is 3.26. The molecule has 0 spiro atoms. The van der Waals surface area contributed by atoms with E-state index in [1.54, 1.807) is 12.3 Å². The predicted molar refractivity (Wildman–Crippen MR) is 79.6 cm³/mol. The summed E-state index contributed by atoms with van der Waals surface area (Å²) >= 11 is 0. The van der Waals surface area contributed by atoms with E-state index in [4.69, 9.17) is 4.74 Å². The number of ether oxygens (including phenoxy) is 1. The Labute approximate surface area is 124 Å². The van der Waals surface area contributed by atoms with Crippen LogP contribution < -0.4 is 10.2 Å². The van der Waals surface area contributed by atoms with E-state index in [1.807, 2.05) is 18.7 Å². The van der Waals surface area contributed by atoms with Crippen molar-refractivity contribution in [1.82, 2.24) is 9.97 Å². The summed E-state index contributed by atoms with van der Waals surface area (Å²) in [5, 5.41) is 12.2. The number of anilines is 2. The number of hydrogen-bond acceptors (Lipinski definition) is 6. The first-order valence-electron chi connectivity index (χ1n) is 7.21. The number of carboxylic acids is 1. The average molecular weight is 294 g/mol. The zero-order chi connectivity index (χ0) is 15.2. The Hall–Kier alpha value is -1.89. The summed E-state index contributed by atoms with van der Waals surface area (Å²) in [6, 6.07) is 1.05. The van der Waals surface area contributed by atoms with Gasteiger partial charge in [0.1, 0.15) is 11.9 Å². The van der Waals surface area contributed by atoms with Crippen LogP contribution in [0.25, 0.3) is 0 Å². The molecule has 2 rings (SSSR count). The quantitative estimate of drug-likeness (QED) is 0.815. The molecule has 0 saturated carbocycles. The van der Waals surface area contributed by atoms with Gasteiger partial charge in [-0.15, -0.1) is 0 Å². The topological polar surface area (TPSA) is 87.6 Å². The summed E-state index contributed by atoms with van der Waals surface area (Å²) in [5.74, 6) is 0.575. The number of aliphatic carboxylic acids is 1. The number of carbonyl (C=O) groups is 1. The normalized spacial score (nSPS) is 16.8. The molecule has 1 fully saturated rings. The first-order valence-corrected chi connectivity index (χ1v) is 7.21. The van der Waals surface area contributed by atoms with Crippen molar-refractivity contribution in [2.45, 2.75) is 26.3 Å². The molecule has 1 aromatic rings. The van der Waals surface area contributed by atoms with E-state index in [-0.39, 0.29) is 0 Å². The van der Waals surface area contributed by atoms with Crippen molar-refractivity contribution in [3.05, 3.63) is 12.3 Å². The number of hydrogen-bond donors (Lipinski definition) is 2. The van der Waals surface area contributed by atoms with Crippen LogP contribution in [0.5, 0.6) is 0 Å². The van der Waals surface area contributed by atoms with Gasteiger partial charge >= 0.3 is 5.97 Å². The molecule has 0 amide bonds. The Bertz CT molecular complexity index is 475. The maximum Gasteiger partial charge on any atom is 0.326 e. The van der Waals surface area contributed by atoms with Crippen LogP contribution in [-0.4, -0.2) is 53.4 Å². The monoisotopic (exact) mass is 294 g/mol. The van der Waals surface area contributed by atoms with Gasteiger partial charge in [0.25, 0.3) is 0 Å². The number of aromatic nitrogens is 2. The summed E-state index contributed by atoms with van der Waals surface area (Å²) in [6.07, 6.45) is 2.20. The molecule has 2 N–H and O–H groups in total. The summed E-state index contributed by atoms with van der Waals surface area (Å²) in [6.45, 7) is 6.81. The molecule has 0 aliphatic carbocycles. The molecular formula is C14H22N4O3. The minimum absolute atomic E-state index is 0.291. The molecule has 7 heteroatoms. The van der Waals surface area contributed by atoms with Crippen LogP contribution in [-0.2, 0) is 9.53 Å². The van der Waals surface area contributed by atoms with E-state index in [0.717, 1.165) is 13.1 Å². The first-order chi connectivity index (χ1) is 10.1. The number of nitrogens with one attached hydrogen (secondary N) is 1. The van der Waals surface area contributed by atoms with Crippen LogP contribution in [0.3, 0.4) is 0 Å². The number of rotatable bonds is 6. The highest BCUT2D eigenvalue weighted by Crippen LogP contribution is 2.15. The second-order valence-corrected chi connectivity index (χ2v) is 5.51. The largest absolute Gasteiger partial charge is 0.480 e. The third kappa shape index (κ3) is 4.56. The minimum Gasteiger partial charge on any atom is -0.480 e. The van der Waals surface area contributed by atoms with Gasteiger partial charge in [-0.1, -0.05) is 13.8 Å². The molecule has 2 heterocycles. The van der Waals surface area contributed by atoms with E-state index >= 15 is 0 Å². The molecule has 1 aliphatic heterocycles. The van der Waals surface area contributed by atoms with Gasteiger partial charge in [-0.05, 0) is 18.4 Å². The summed E-state index contributed by atoms with van der Waals surface area (Å²) in [7, 11) is 0. The Morgan fingerprint density at radius 1 is 1.48 bits per heavy atom. The zero-order valence-electron chi connectivity index (χ0n) is 12.5. The molecule has 1 aliphatic rings. The van der Waals surface area contributed by atoms with Crippen molar-refractivity contribution in [2.75, 3.05) is 36.5 Å². The molecule has 1 aromatic heterocycles. The molecule has 116 valence electrons. The minimum atomic E-state index is -0.866. The van der Waals surface area contributed by atoms with Crippen LogP contribution in [0.15, 0.2) is 12.3 Å². The fourth-order valence-corrected chi connectivity index (χ4v) is 2.22. The van der Waals surface area contributed by atoms with Crippen molar-refractivity contribution >= 4 is 17.7 Å². The lowest BCUT2D eigenvalue weighted by atomic mass is 10.0. The van der Waals surface area contributed by atoms with Crippen molar-refractivity contribution < 1.29 is 14.6 Å². The fourth-order valence-electron chi connectivity index (χ4n) is 2.22. The maximum atomic E-state index is 11.3. The van der Waals surface area contributed by atoms with Gasteiger partial charge in [0.05, 0.1) is 13.2 Å². The molecule has 21 heavy (non-hydrogen) atoms. The van der Waals surface area contributed by atoms with E-state index in [1.165, 1.54) is 0 Å². The van der Waals surface area contributed by atoms with Crippen LogP contribution in [0.1, 0.15) is 20.3 Å². The van der Waals surface area contributed by atoms with Crippen molar-refractivity contribution in [1.29, 1.82) is 0 Å². The van der Waals surface area contributed by atoms with E-state index in [9.17, 15) is 9.90 Å². The Morgan fingerprint density at radius 2 is 2.19 bits per heavy atom. The molecule has 1 unspecified atom stereocenters. The number of carboxylic acid groups (broad SMARTS) is 1. The molecule has 0 radical (unpaired) electrons. The lowest BCUT2D eigenvalue weighted by Crippen LogP contribution is -2.37. The van der Waals surface area contributed by atoms with Gasteiger partial charge in [-0.3, -0.25) is 0 Å².